The molecule has 0 amide bonds. The van der Waals surface area contributed by atoms with Crippen LogP contribution in [-0.4, -0.2) is 37.1 Å². The molecule has 0 fully saturated rings. The molecule has 2 aromatic carbocycles. The number of hydrogen-bond donors (Lipinski definition) is 0. The van der Waals surface area contributed by atoms with Gasteiger partial charge in [0.15, 0.2) is 5.78 Å². The number of ketones is 1. The van der Waals surface area contributed by atoms with Gasteiger partial charge in [0, 0.05) is 17.7 Å². The molecule has 2 heterocycles. The van der Waals surface area contributed by atoms with Gasteiger partial charge in [-0.2, -0.15) is 5.10 Å². The molecule has 0 bridgehead atoms. The predicted octanol–water partition coefficient (Wildman–Crippen LogP) is 3.90. The fourth-order valence-corrected chi connectivity index (χ4v) is 6.14. The van der Waals surface area contributed by atoms with Gasteiger partial charge in [-0.15, -0.1) is 0 Å². The summed E-state index contributed by atoms with van der Waals surface area (Å²) in [6.07, 6.45) is 0.692. The van der Waals surface area contributed by atoms with Gasteiger partial charge in [0.2, 0.25) is 0 Å². The van der Waals surface area contributed by atoms with E-state index >= 15 is 0 Å². The maximum Gasteiger partial charge on any atom is 0.268 e. The third kappa shape index (κ3) is 3.79. The molecule has 0 N–H and O–H groups in total. The van der Waals surface area contributed by atoms with Crippen LogP contribution in [0.15, 0.2) is 47.4 Å². The average molecular weight is 454 g/mol. The Bertz CT molecular complexity index is 1290. The Labute approximate surface area is 188 Å². The van der Waals surface area contributed by atoms with Crippen molar-refractivity contribution in [3.63, 3.8) is 0 Å². The summed E-state index contributed by atoms with van der Waals surface area (Å²) in [7, 11) is -3.76. The molecular formula is C24H27N3O4S. The number of fused-ring (bicyclic) bond motifs is 1. The maximum atomic E-state index is 13.6. The fourth-order valence-electron chi connectivity index (χ4n) is 4.26. The van der Waals surface area contributed by atoms with Crippen molar-refractivity contribution in [2.45, 2.75) is 45.6 Å². The van der Waals surface area contributed by atoms with Gasteiger partial charge in [-0.1, -0.05) is 18.2 Å². The van der Waals surface area contributed by atoms with Crippen LogP contribution in [0, 0.1) is 13.8 Å². The summed E-state index contributed by atoms with van der Waals surface area (Å²) in [5.74, 6) is 0.613. The number of nitrogens with zero attached hydrogens (tertiary/aromatic N) is 3. The van der Waals surface area contributed by atoms with Gasteiger partial charge in [0.25, 0.3) is 10.0 Å². The van der Waals surface area contributed by atoms with Crippen molar-refractivity contribution < 1.29 is 17.9 Å². The number of sulfonamides is 1. The number of hydrogen-bond acceptors (Lipinski definition) is 5. The van der Waals surface area contributed by atoms with Crippen LogP contribution in [-0.2, 0) is 23.0 Å². The number of ether oxygens (including phenoxy) is 1. The molecule has 1 aliphatic rings. The van der Waals surface area contributed by atoms with Crippen LogP contribution in [0.1, 0.15) is 46.7 Å². The van der Waals surface area contributed by atoms with Gasteiger partial charge >= 0.3 is 0 Å². The van der Waals surface area contributed by atoms with Crippen LogP contribution < -0.4 is 9.04 Å². The second-order valence-corrected chi connectivity index (χ2v) is 9.72. The second-order valence-electron chi connectivity index (χ2n) is 7.93. The van der Waals surface area contributed by atoms with E-state index in [1.54, 1.807) is 36.7 Å². The highest BCUT2D eigenvalue weighted by Gasteiger charge is 2.35. The fraction of sp³-hybridized carbons (Fsp3) is 0.333. The second kappa shape index (κ2) is 8.43. The first-order chi connectivity index (χ1) is 15.2. The van der Waals surface area contributed by atoms with E-state index in [1.165, 1.54) is 11.2 Å². The average Bonchev–Trinajstić information content (AvgIpc) is 3.30. The molecule has 4 rings (SSSR count). The van der Waals surface area contributed by atoms with Gasteiger partial charge in [0.05, 0.1) is 30.2 Å². The van der Waals surface area contributed by atoms with Gasteiger partial charge in [-0.05, 0) is 63.9 Å². The van der Waals surface area contributed by atoms with Crippen molar-refractivity contribution in [3.05, 3.63) is 70.5 Å². The minimum Gasteiger partial charge on any atom is -0.494 e. The molecule has 1 aliphatic heterocycles. The van der Waals surface area contributed by atoms with E-state index in [0.717, 1.165) is 16.8 Å². The van der Waals surface area contributed by atoms with Crippen molar-refractivity contribution in [2.75, 3.05) is 17.5 Å². The van der Waals surface area contributed by atoms with Gasteiger partial charge < -0.3 is 4.74 Å². The highest BCUT2D eigenvalue weighted by atomic mass is 32.2. The molecular weight excluding hydrogens is 426 g/mol. The Morgan fingerprint density at radius 3 is 2.62 bits per heavy atom. The highest BCUT2D eigenvalue weighted by Crippen LogP contribution is 2.35. The largest absolute Gasteiger partial charge is 0.494 e. The number of para-hydroxylation sites is 1. The monoisotopic (exact) mass is 453 g/mol. The third-order valence-corrected chi connectivity index (χ3v) is 7.86. The minimum absolute atomic E-state index is 0.0429. The first-order valence-corrected chi connectivity index (χ1v) is 12.1. The van der Waals surface area contributed by atoms with E-state index in [0.29, 0.717) is 48.8 Å². The van der Waals surface area contributed by atoms with E-state index < -0.39 is 10.0 Å². The summed E-state index contributed by atoms with van der Waals surface area (Å²) >= 11 is 0. The van der Waals surface area contributed by atoms with Gasteiger partial charge in [-0.3, -0.25) is 13.8 Å². The Morgan fingerprint density at radius 2 is 1.91 bits per heavy atom. The molecule has 0 aliphatic carbocycles. The molecule has 3 aromatic rings. The minimum atomic E-state index is -3.76. The highest BCUT2D eigenvalue weighted by molar-refractivity contribution is 7.93. The Morgan fingerprint density at radius 1 is 1.16 bits per heavy atom. The lowest BCUT2D eigenvalue weighted by Crippen LogP contribution is -2.30. The number of anilines is 1. The normalized spacial score (nSPS) is 13.3. The van der Waals surface area contributed by atoms with E-state index in [4.69, 9.17) is 4.74 Å². The summed E-state index contributed by atoms with van der Waals surface area (Å²) < 4.78 is 36.1. The summed E-state index contributed by atoms with van der Waals surface area (Å²) in [4.78, 5) is 12.1. The van der Waals surface area contributed by atoms with E-state index in [2.05, 4.69) is 5.10 Å². The molecule has 1 aromatic heterocycles. The number of Topliss-reactive ketones (excluding diaryl/α,β-unsaturated/α-hetero) is 1. The lowest BCUT2D eigenvalue weighted by Gasteiger charge is -2.20. The number of aryl methyl sites for hydroxylation is 1. The molecule has 32 heavy (non-hydrogen) atoms. The zero-order chi connectivity index (χ0) is 23.0. The summed E-state index contributed by atoms with van der Waals surface area (Å²) in [5, 5.41) is 4.55. The van der Waals surface area contributed by atoms with Crippen molar-refractivity contribution >= 4 is 21.5 Å². The topological polar surface area (TPSA) is 81.5 Å². The van der Waals surface area contributed by atoms with Crippen LogP contribution in [0.2, 0.25) is 0 Å². The number of aromatic nitrogens is 2. The molecule has 0 atom stereocenters. The molecule has 0 spiro atoms. The quantitative estimate of drug-likeness (QED) is 0.507. The molecule has 0 saturated carbocycles. The third-order valence-electron chi connectivity index (χ3n) is 5.79. The first kappa shape index (κ1) is 22.1. The smallest absolute Gasteiger partial charge is 0.268 e. The number of carbonyl (C=O) groups is 1. The summed E-state index contributed by atoms with van der Waals surface area (Å²) in [6, 6.07) is 12.9. The predicted molar refractivity (Wildman–Crippen MR) is 123 cm³/mol. The zero-order valence-corrected chi connectivity index (χ0v) is 19.6. The lowest BCUT2D eigenvalue weighted by molar-refractivity contribution is 0.101. The van der Waals surface area contributed by atoms with Crippen molar-refractivity contribution in [2.24, 2.45) is 0 Å². The van der Waals surface area contributed by atoms with Crippen LogP contribution in [0.4, 0.5) is 5.69 Å². The zero-order valence-electron chi connectivity index (χ0n) is 18.8. The molecule has 0 saturated heterocycles. The van der Waals surface area contributed by atoms with Crippen molar-refractivity contribution in [1.82, 2.24) is 9.78 Å². The van der Waals surface area contributed by atoms with Gasteiger partial charge in [0.1, 0.15) is 10.6 Å². The van der Waals surface area contributed by atoms with E-state index in [-0.39, 0.29) is 10.7 Å². The molecule has 0 radical (unpaired) electrons. The van der Waals surface area contributed by atoms with E-state index in [1.807, 2.05) is 31.2 Å². The van der Waals surface area contributed by atoms with Crippen LogP contribution in [0.25, 0.3) is 0 Å². The van der Waals surface area contributed by atoms with Crippen LogP contribution in [0.3, 0.4) is 0 Å². The van der Waals surface area contributed by atoms with Crippen LogP contribution >= 0.6 is 0 Å². The maximum absolute atomic E-state index is 13.6. The Balaban J connectivity index is 1.74. The van der Waals surface area contributed by atoms with Crippen molar-refractivity contribution in [3.8, 4) is 5.75 Å². The van der Waals surface area contributed by atoms with Crippen LogP contribution in [0.5, 0.6) is 5.75 Å². The lowest BCUT2D eigenvalue weighted by atomic mass is 10.1. The van der Waals surface area contributed by atoms with E-state index in [9.17, 15) is 13.2 Å². The molecule has 8 heteroatoms. The van der Waals surface area contributed by atoms with Crippen molar-refractivity contribution in [1.29, 1.82) is 0 Å². The Kier molecular flexibility index (Phi) is 5.81. The Hall–Kier alpha value is -3.13. The summed E-state index contributed by atoms with van der Waals surface area (Å²) in [5.41, 5.74) is 4.12. The standard InChI is InChI=1S/C24H27N3O4S/c1-5-31-23-11-10-20(18(4)28)14-21(23)15-26-17(3)24(16(2)25-26)32(29,30)27-13-12-19-8-6-7-9-22(19)27/h6-11,14H,5,12-13,15H2,1-4H3. The molecule has 7 nitrogen and oxygen atoms in total. The molecule has 0 unspecified atom stereocenters. The number of benzene rings is 2. The molecule has 168 valence electrons. The number of rotatable bonds is 7. The van der Waals surface area contributed by atoms with Gasteiger partial charge in [-0.25, -0.2) is 8.42 Å². The summed E-state index contributed by atoms with van der Waals surface area (Å²) in [6.45, 7) is 8.09. The first-order valence-electron chi connectivity index (χ1n) is 10.6. The SMILES string of the molecule is CCOc1ccc(C(C)=O)cc1Cn1nc(C)c(S(=O)(=O)N2CCc3ccccc32)c1C. The number of carbonyl (C=O) groups excluding carboxylic acids is 1.